The summed E-state index contributed by atoms with van der Waals surface area (Å²) >= 11 is 1.57. The molecule has 2 aliphatic heterocycles. The van der Waals surface area contributed by atoms with Crippen molar-refractivity contribution in [3.63, 3.8) is 0 Å². The minimum absolute atomic E-state index is 0.00524. The highest BCUT2D eigenvalue weighted by atomic mass is 32.1. The van der Waals surface area contributed by atoms with Gasteiger partial charge in [0, 0.05) is 63.1 Å². The Balaban J connectivity index is 0.603. The van der Waals surface area contributed by atoms with Crippen LogP contribution >= 0.6 is 11.3 Å². The normalized spacial score (nSPS) is 16.1. The Morgan fingerprint density at radius 3 is 2.04 bits per heavy atom. The number of aromatic nitrogens is 5. The van der Waals surface area contributed by atoms with Gasteiger partial charge >= 0.3 is 0 Å². The number of nitrogens with zero attached hydrogens (tertiary/aromatic N) is 8. The summed E-state index contributed by atoms with van der Waals surface area (Å²) in [5.41, 5.74) is 7.59. The lowest BCUT2D eigenvalue weighted by atomic mass is 9.85. The van der Waals surface area contributed by atoms with E-state index in [2.05, 4.69) is 65.3 Å². The molecule has 0 bridgehead atoms. The molecular weight excluding hydrogens is 1050 g/mol. The van der Waals surface area contributed by atoms with Crippen molar-refractivity contribution < 1.29 is 57.1 Å². The van der Waals surface area contributed by atoms with Gasteiger partial charge in [0.1, 0.15) is 37.4 Å². The maximum atomic E-state index is 13.9. The molecule has 8 rings (SSSR count). The number of thiazole rings is 1. The van der Waals surface area contributed by atoms with Gasteiger partial charge in [0.05, 0.1) is 101 Å². The number of furan rings is 1. The average Bonchev–Trinajstić information content (AvgIpc) is 4.32. The van der Waals surface area contributed by atoms with Crippen molar-refractivity contribution >= 4 is 52.2 Å². The predicted octanol–water partition coefficient (Wildman–Crippen LogP) is 3.99. The number of carbonyl (C=O) groups is 4. The maximum absolute atomic E-state index is 13.9. The van der Waals surface area contributed by atoms with Gasteiger partial charge in [-0.1, -0.05) is 57.2 Å². The van der Waals surface area contributed by atoms with Crippen LogP contribution in [-0.4, -0.2) is 193 Å². The molecule has 2 aromatic carbocycles. The number of likely N-dealkylation sites (tertiary alicyclic amines) is 1. The molecule has 2 saturated heterocycles. The summed E-state index contributed by atoms with van der Waals surface area (Å²) in [5.74, 6) is 0.0462. The van der Waals surface area contributed by atoms with E-state index in [4.69, 9.17) is 32.8 Å². The second-order valence-electron chi connectivity index (χ2n) is 20.4. The van der Waals surface area contributed by atoms with E-state index in [1.165, 1.54) is 4.90 Å². The first-order valence-corrected chi connectivity index (χ1v) is 27.8. The Labute approximate surface area is 469 Å². The second-order valence-corrected chi connectivity index (χ2v) is 21.2. The standard InChI is InChI=1S/C56H73N11O12S/c1-39-50(80-38-60-39)42-9-7-40(8-10-42)31-57-53(71)47-30-44(68)34-66(47)54(72)51(56(2,3)4)62-48(69)35-77-28-26-75-24-22-73-20-21-74-23-25-76-27-29-78-36-49(70)65-17-15-64(16-18-65)43-13-11-41(12-14-43)46-33-59-55(67-37-61-63-52(46)67)58-32-45-6-5-19-79-45/h5-14,19,33,37-38,44,47,51,68H,15-18,20-32,34-36H2,1-4H3,(H,57,71)(H,58,59)(H,62,69)/t44-,47+,51-/m1/s1. The summed E-state index contributed by atoms with van der Waals surface area (Å²) in [7, 11) is 0. The summed E-state index contributed by atoms with van der Waals surface area (Å²) in [5, 5.41) is 28.0. The van der Waals surface area contributed by atoms with Crippen LogP contribution in [-0.2, 0) is 60.7 Å². The highest BCUT2D eigenvalue weighted by Gasteiger charge is 2.44. The number of carbonyl (C=O) groups excluding carboxylic acids is 4. The van der Waals surface area contributed by atoms with Crippen LogP contribution in [0.4, 0.5) is 11.6 Å². The number of aliphatic hydroxyl groups is 1. The van der Waals surface area contributed by atoms with E-state index in [0.29, 0.717) is 97.2 Å². The lowest BCUT2D eigenvalue weighted by Gasteiger charge is -2.36. The molecule has 0 aliphatic carbocycles. The number of hydrogen-bond donors (Lipinski definition) is 4. The number of hydrogen-bond acceptors (Lipinski definition) is 19. The summed E-state index contributed by atoms with van der Waals surface area (Å²) < 4.78 is 40.6. The largest absolute Gasteiger partial charge is 0.467 e. The van der Waals surface area contributed by atoms with Crippen LogP contribution in [0.5, 0.6) is 0 Å². The maximum Gasteiger partial charge on any atom is 0.248 e. The van der Waals surface area contributed by atoms with E-state index < -0.39 is 35.4 Å². The molecule has 0 spiro atoms. The quantitative estimate of drug-likeness (QED) is 0.0465. The number of benzene rings is 2. The molecule has 0 unspecified atom stereocenters. The van der Waals surface area contributed by atoms with E-state index in [1.54, 1.807) is 30.1 Å². The van der Waals surface area contributed by atoms with Gasteiger partial charge in [0.2, 0.25) is 29.6 Å². The fraction of sp³-hybridized carbons (Fsp3) is 0.500. The van der Waals surface area contributed by atoms with Crippen molar-refractivity contribution in [2.45, 2.75) is 65.4 Å². The Bertz CT molecular complexity index is 2890. The van der Waals surface area contributed by atoms with Gasteiger partial charge in [-0.3, -0.25) is 23.6 Å². The predicted molar refractivity (Wildman–Crippen MR) is 298 cm³/mol. The number of piperazine rings is 1. The molecule has 4 N–H and O–H groups in total. The highest BCUT2D eigenvalue weighted by molar-refractivity contribution is 7.13. The average molecular weight is 1120 g/mol. The molecule has 2 fully saturated rings. The summed E-state index contributed by atoms with van der Waals surface area (Å²) in [6.07, 6.45) is 4.28. The third kappa shape index (κ3) is 16.8. The smallest absolute Gasteiger partial charge is 0.248 e. The number of aryl methyl sites for hydroxylation is 1. The third-order valence-corrected chi connectivity index (χ3v) is 14.5. The highest BCUT2D eigenvalue weighted by Crippen LogP contribution is 2.30. The van der Waals surface area contributed by atoms with Gasteiger partial charge in [-0.05, 0) is 53.3 Å². The van der Waals surface area contributed by atoms with Gasteiger partial charge in [-0.2, -0.15) is 0 Å². The molecule has 80 heavy (non-hydrogen) atoms. The van der Waals surface area contributed by atoms with Gasteiger partial charge in [0.25, 0.3) is 0 Å². The molecule has 24 heteroatoms. The van der Waals surface area contributed by atoms with Crippen LogP contribution in [0.2, 0.25) is 0 Å². The van der Waals surface area contributed by atoms with Gasteiger partial charge in [-0.15, -0.1) is 21.5 Å². The van der Waals surface area contributed by atoms with Gasteiger partial charge in [0.15, 0.2) is 5.65 Å². The SMILES string of the molecule is Cc1ncsc1-c1ccc(CNC(=O)[C@@H]2C[C@@H](O)CN2C(=O)[C@@H](NC(=O)COCCOCCOCCOCCOCCOCC(=O)N2CCN(c3ccc(-c4cnc(NCc5ccco5)n5cnnc45)cc3)CC2)C(C)(C)C)cc1. The lowest BCUT2D eigenvalue weighted by molar-refractivity contribution is -0.144. The lowest BCUT2D eigenvalue weighted by Crippen LogP contribution is -2.58. The minimum Gasteiger partial charge on any atom is -0.467 e. The Kier molecular flexibility index (Phi) is 21.9. The number of aliphatic hydroxyl groups excluding tert-OH is 1. The summed E-state index contributed by atoms with van der Waals surface area (Å²) in [6, 6.07) is 18.0. The fourth-order valence-electron chi connectivity index (χ4n) is 9.20. The molecule has 0 radical (unpaired) electrons. The fourth-order valence-corrected chi connectivity index (χ4v) is 10.0. The van der Waals surface area contributed by atoms with Crippen LogP contribution in [0, 0.1) is 12.3 Å². The molecule has 6 heterocycles. The van der Waals surface area contributed by atoms with E-state index >= 15 is 0 Å². The topological polar surface area (TPSA) is 259 Å². The summed E-state index contributed by atoms with van der Waals surface area (Å²) in [6.45, 7) is 13.7. The van der Waals surface area contributed by atoms with Gasteiger partial charge < -0.3 is 68.6 Å². The Morgan fingerprint density at radius 1 is 0.787 bits per heavy atom. The van der Waals surface area contributed by atoms with Crippen LogP contribution in [0.1, 0.15) is 44.2 Å². The van der Waals surface area contributed by atoms with Crippen LogP contribution in [0.3, 0.4) is 0 Å². The molecule has 6 aromatic rings. The number of ether oxygens (including phenoxy) is 6. The van der Waals surface area contributed by atoms with Crippen molar-refractivity contribution in [3.05, 3.63) is 102 Å². The molecule has 2 aliphatic rings. The molecule has 430 valence electrons. The first-order chi connectivity index (χ1) is 38.8. The van der Waals surface area contributed by atoms with Crippen molar-refractivity contribution in [2.75, 3.05) is 122 Å². The minimum atomic E-state index is -0.971. The zero-order chi connectivity index (χ0) is 56.3. The zero-order valence-electron chi connectivity index (χ0n) is 45.9. The molecule has 23 nitrogen and oxygen atoms in total. The second kappa shape index (κ2) is 29.5. The number of β-amino-alcohol motifs (C(OH)–C–C–N with tert-alkyl or cyclic N) is 1. The van der Waals surface area contributed by atoms with Crippen molar-refractivity contribution in [3.8, 4) is 21.6 Å². The van der Waals surface area contributed by atoms with Crippen molar-refractivity contribution in [1.82, 2.24) is 45.0 Å². The zero-order valence-corrected chi connectivity index (χ0v) is 46.7. The monoisotopic (exact) mass is 1120 g/mol. The molecule has 4 aromatic heterocycles. The van der Waals surface area contributed by atoms with Crippen molar-refractivity contribution in [2.24, 2.45) is 5.41 Å². The van der Waals surface area contributed by atoms with E-state index in [0.717, 1.165) is 44.3 Å². The Hall–Kier alpha value is -6.90. The number of amides is 4. The first kappa shape index (κ1) is 59.2. The van der Waals surface area contributed by atoms with E-state index in [1.807, 2.05) is 78.9 Å². The van der Waals surface area contributed by atoms with Crippen molar-refractivity contribution in [1.29, 1.82) is 0 Å². The number of fused-ring (bicyclic) bond motifs is 1. The van der Waals surface area contributed by atoms with E-state index in [9.17, 15) is 24.3 Å². The molecule has 3 atom stereocenters. The molecule has 4 amide bonds. The van der Waals surface area contributed by atoms with Gasteiger partial charge in [-0.25, -0.2) is 9.97 Å². The Morgan fingerprint density at radius 2 is 1.43 bits per heavy atom. The number of nitrogens with one attached hydrogen (secondary N) is 3. The van der Waals surface area contributed by atoms with Crippen LogP contribution < -0.4 is 20.9 Å². The first-order valence-electron chi connectivity index (χ1n) is 26.9. The van der Waals surface area contributed by atoms with Crippen LogP contribution in [0.25, 0.3) is 27.2 Å². The van der Waals surface area contributed by atoms with Crippen LogP contribution in [0.15, 0.2) is 89.4 Å². The number of rotatable bonds is 30. The molecule has 0 saturated carbocycles. The summed E-state index contributed by atoms with van der Waals surface area (Å²) in [4.78, 5) is 68.7. The van der Waals surface area contributed by atoms with E-state index in [-0.39, 0.29) is 57.8 Å². The molecular formula is C56H73N11O12S. The number of anilines is 2. The third-order valence-electron chi connectivity index (χ3n) is 13.5.